The monoisotopic (exact) mass is 237 g/mol. The van der Waals surface area contributed by atoms with Gasteiger partial charge in [-0.1, -0.05) is 0 Å². The van der Waals surface area contributed by atoms with Gasteiger partial charge in [-0.25, -0.2) is 4.98 Å². The van der Waals surface area contributed by atoms with Gasteiger partial charge in [0, 0.05) is 26.5 Å². The Hall–Kier alpha value is -1.71. The van der Waals surface area contributed by atoms with E-state index in [0.29, 0.717) is 26.4 Å². The van der Waals surface area contributed by atoms with Crippen LogP contribution in [0.4, 0.5) is 0 Å². The molecular formula is C11H15N3O3. The van der Waals surface area contributed by atoms with Crippen LogP contribution in [0.5, 0.6) is 6.01 Å². The molecule has 0 saturated carbocycles. The Kier molecular flexibility index (Phi) is 6.63. The Bertz CT molecular complexity index is 365. The highest BCUT2D eigenvalue weighted by molar-refractivity contribution is 5.19. The standard InChI is InChI=1S/C11H15N3O3/c1-15-5-2-6-16-7-8-17-11-13-4-3-10(9-12)14-11/h3-4H,2,5-8H2,1H3. The van der Waals surface area contributed by atoms with Crippen molar-refractivity contribution in [3.63, 3.8) is 0 Å². The summed E-state index contributed by atoms with van der Waals surface area (Å²) in [5, 5.41) is 8.62. The summed E-state index contributed by atoms with van der Waals surface area (Å²) in [4.78, 5) is 7.74. The van der Waals surface area contributed by atoms with Crippen molar-refractivity contribution >= 4 is 0 Å². The van der Waals surface area contributed by atoms with E-state index in [-0.39, 0.29) is 11.7 Å². The minimum atomic E-state index is 0.199. The Morgan fingerprint density at radius 3 is 2.94 bits per heavy atom. The van der Waals surface area contributed by atoms with Crippen LogP contribution in [0.25, 0.3) is 0 Å². The van der Waals surface area contributed by atoms with Crippen molar-refractivity contribution in [3.05, 3.63) is 18.0 Å². The molecule has 92 valence electrons. The Morgan fingerprint density at radius 1 is 1.29 bits per heavy atom. The largest absolute Gasteiger partial charge is 0.461 e. The number of hydrogen-bond acceptors (Lipinski definition) is 6. The lowest BCUT2D eigenvalue weighted by Gasteiger charge is -2.05. The van der Waals surface area contributed by atoms with Gasteiger partial charge in [-0.05, 0) is 12.5 Å². The molecule has 0 unspecified atom stereocenters. The van der Waals surface area contributed by atoms with Crippen molar-refractivity contribution < 1.29 is 14.2 Å². The molecule has 6 nitrogen and oxygen atoms in total. The molecule has 1 heterocycles. The van der Waals surface area contributed by atoms with Gasteiger partial charge in [-0.15, -0.1) is 0 Å². The average molecular weight is 237 g/mol. The highest BCUT2D eigenvalue weighted by atomic mass is 16.5. The quantitative estimate of drug-likeness (QED) is 0.622. The van der Waals surface area contributed by atoms with Crippen molar-refractivity contribution in [3.8, 4) is 12.1 Å². The minimum Gasteiger partial charge on any atom is -0.461 e. The van der Waals surface area contributed by atoms with Crippen molar-refractivity contribution in [1.29, 1.82) is 5.26 Å². The molecular weight excluding hydrogens is 222 g/mol. The van der Waals surface area contributed by atoms with Gasteiger partial charge in [-0.2, -0.15) is 10.2 Å². The zero-order valence-corrected chi connectivity index (χ0v) is 9.76. The van der Waals surface area contributed by atoms with Crippen LogP contribution in [0, 0.1) is 11.3 Å². The van der Waals surface area contributed by atoms with Gasteiger partial charge in [-0.3, -0.25) is 0 Å². The third-order valence-electron chi connectivity index (χ3n) is 1.84. The van der Waals surface area contributed by atoms with Crippen LogP contribution in [-0.2, 0) is 9.47 Å². The second-order valence-electron chi connectivity index (χ2n) is 3.14. The molecule has 1 aromatic heterocycles. The summed E-state index contributed by atoms with van der Waals surface area (Å²) in [6.45, 7) is 2.15. The lowest BCUT2D eigenvalue weighted by molar-refractivity contribution is 0.0783. The zero-order valence-electron chi connectivity index (χ0n) is 9.76. The number of methoxy groups -OCH3 is 1. The summed E-state index contributed by atoms with van der Waals surface area (Å²) in [6.07, 6.45) is 2.34. The molecule has 0 saturated heterocycles. The third-order valence-corrected chi connectivity index (χ3v) is 1.84. The van der Waals surface area contributed by atoms with E-state index in [0.717, 1.165) is 6.42 Å². The molecule has 0 fully saturated rings. The molecule has 0 aromatic carbocycles. The molecule has 0 radical (unpaired) electrons. The summed E-state index contributed by atoms with van der Waals surface area (Å²) in [5.74, 6) is 0. The van der Waals surface area contributed by atoms with Gasteiger partial charge < -0.3 is 14.2 Å². The molecule has 0 aliphatic rings. The van der Waals surface area contributed by atoms with Gasteiger partial charge in [0.15, 0.2) is 0 Å². The maximum Gasteiger partial charge on any atom is 0.317 e. The van der Waals surface area contributed by atoms with Crippen LogP contribution in [-0.4, -0.2) is 43.5 Å². The van der Waals surface area contributed by atoms with E-state index in [1.807, 2.05) is 6.07 Å². The number of hydrogen-bond donors (Lipinski definition) is 0. The smallest absolute Gasteiger partial charge is 0.317 e. The predicted octanol–water partition coefficient (Wildman–Crippen LogP) is 0.780. The summed E-state index contributed by atoms with van der Waals surface area (Å²) < 4.78 is 15.4. The van der Waals surface area contributed by atoms with Crippen LogP contribution < -0.4 is 4.74 Å². The first-order chi connectivity index (χ1) is 8.36. The summed E-state index contributed by atoms with van der Waals surface area (Å²) >= 11 is 0. The first kappa shape index (κ1) is 13.4. The van der Waals surface area contributed by atoms with E-state index in [4.69, 9.17) is 19.5 Å². The van der Waals surface area contributed by atoms with E-state index in [9.17, 15) is 0 Å². The molecule has 6 heteroatoms. The van der Waals surface area contributed by atoms with Crippen LogP contribution in [0.15, 0.2) is 12.3 Å². The highest BCUT2D eigenvalue weighted by Crippen LogP contribution is 2.01. The van der Waals surface area contributed by atoms with Gasteiger partial charge in [0.2, 0.25) is 0 Å². The first-order valence-electron chi connectivity index (χ1n) is 5.29. The SMILES string of the molecule is COCCCOCCOc1nccc(C#N)n1. The predicted molar refractivity (Wildman–Crippen MR) is 59.6 cm³/mol. The summed E-state index contributed by atoms with van der Waals surface area (Å²) in [7, 11) is 1.66. The van der Waals surface area contributed by atoms with E-state index < -0.39 is 0 Å². The average Bonchev–Trinajstić information content (AvgIpc) is 2.38. The lowest BCUT2D eigenvalue weighted by Crippen LogP contribution is -2.10. The second-order valence-corrected chi connectivity index (χ2v) is 3.14. The Balaban J connectivity index is 2.12. The van der Waals surface area contributed by atoms with Crippen LogP contribution in [0.3, 0.4) is 0 Å². The number of ether oxygens (including phenoxy) is 3. The van der Waals surface area contributed by atoms with Gasteiger partial charge >= 0.3 is 6.01 Å². The van der Waals surface area contributed by atoms with Crippen molar-refractivity contribution in [1.82, 2.24) is 9.97 Å². The number of nitriles is 1. The maximum atomic E-state index is 8.62. The number of nitrogens with zero attached hydrogens (tertiary/aromatic N) is 3. The Morgan fingerprint density at radius 2 is 2.18 bits per heavy atom. The number of aromatic nitrogens is 2. The second kappa shape index (κ2) is 8.44. The summed E-state index contributed by atoms with van der Waals surface area (Å²) in [5.41, 5.74) is 0.288. The fourth-order valence-corrected chi connectivity index (χ4v) is 1.07. The molecule has 1 rings (SSSR count). The topological polar surface area (TPSA) is 77.3 Å². The fourth-order valence-electron chi connectivity index (χ4n) is 1.07. The molecule has 0 N–H and O–H groups in total. The van der Waals surface area contributed by atoms with E-state index in [2.05, 4.69) is 9.97 Å². The Labute approximate surface area is 100 Å². The molecule has 0 aliphatic carbocycles. The van der Waals surface area contributed by atoms with Crippen molar-refractivity contribution in [2.45, 2.75) is 6.42 Å². The molecule has 0 spiro atoms. The van der Waals surface area contributed by atoms with Crippen LogP contribution >= 0.6 is 0 Å². The molecule has 0 atom stereocenters. The lowest BCUT2D eigenvalue weighted by atomic mass is 10.4. The summed E-state index contributed by atoms with van der Waals surface area (Å²) in [6, 6.07) is 3.64. The minimum absolute atomic E-state index is 0.199. The van der Waals surface area contributed by atoms with Gasteiger partial charge in [0.05, 0.1) is 6.61 Å². The molecule has 0 bridgehead atoms. The van der Waals surface area contributed by atoms with Gasteiger partial charge in [0.1, 0.15) is 18.4 Å². The number of rotatable bonds is 8. The van der Waals surface area contributed by atoms with Crippen molar-refractivity contribution in [2.75, 3.05) is 33.5 Å². The fraction of sp³-hybridized carbons (Fsp3) is 0.545. The molecule has 17 heavy (non-hydrogen) atoms. The molecule has 0 amide bonds. The van der Waals surface area contributed by atoms with E-state index in [1.165, 1.54) is 12.3 Å². The zero-order chi connectivity index (χ0) is 12.3. The molecule has 1 aromatic rings. The maximum absolute atomic E-state index is 8.62. The van der Waals surface area contributed by atoms with E-state index in [1.54, 1.807) is 7.11 Å². The third kappa shape index (κ3) is 5.80. The van der Waals surface area contributed by atoms with Crippen LogP contribution in [0.2, 0.25) is 0 Å². The van der Waals surface area contributed by atoms with E-state index >= 15 is 0 Å². The normalized spacial score (nSPS) is 9.88. The van der Waals surface area contributed by atoms with Gasteiger partial charge in [0.25, 0.3) is 0 Å². The van der Waals surface area contributed by atoms with Crippen LogP contribution in [0.1, 0.15) is 12.1 Å². The highest BCUT2D eigenvalue weighted by Gasteiger charge is 1.99. The molecule has 0 aliphatic heterocycles. The van der Waals surface area contributed by atoms with Crippen molar-refractivity contribution in [2.24, 2.45) is 0 Å². The first-order valence-corrected chi connectivity index (χ1v) is 5.29.